The maximum atomic E-state index is 11.2. The van der Waals surface area contributed by atoms with E-state index in [4.69, 9.17) is 9.84 Å². The molecule has 1 aliphatic heterocycles. The number of H-pyrrole nitrogens is 1. The van der Waals surface area contributed by atoms with Crippen LogP contribution in [0, 0.1) is 0 Å². The van der Waals surface area contributed by atoms with Crippen LogP contribution >= 0.6 is 15.9 Å². The van der Waals surface area contributed by atoms with Gasteiger partial charge in [0, 0.05) is 11.8 Å². The Kier molecular flexibility index (Phi) is 4.56. The normalized spacial score (nSPS) is 30.5. The molecule has 1 aliphatic rings. The van der Waals surface area contributed by atoms with Crippen LogP contribution in [0.4, 0.5) is 5.82 Å². The van der Waals surface area contributed by atoms with Crippen molar-refractivity contribution in [3.8, 4) is 0 Å². The van der Waals surface area contributed by atoms with Crippen molar-refractivity contribution in [2.45, 2.75) is 36.6 Å². The second-order valence-corrected chi connectivity index (χ2v) is 5.35. The Balaban J connectivity index is 2.18. The smallest absolute Gasteiger partial charge is 0.346 e. The van der Waals surface area contributed by atoms with E-state index < -0.39 is 24.1 Å². The number of rotatable bonds is 4. The van der Waals surface area contributed by atoms with E-state index in [1.165, 1.54) is 0 Å². The van der Waals surface area contributed by atoms with Crippen molar-refractivity contribution in [3.05, 3.63) is 22.2 Å². The summed E-state index contributed by atoms with van der Waals surface area (Å²) in [6, 6.07) is 0. The van der Waals surface area contributed by atoms with E-state index in [0.717, 1.165) is 5.56 Å². The average molecular weight is 334 g/mol. The van der Waals surface area contributed by atoms with Gasteiger partial charge < -0.3 is 25.3 Å². The number of hydrogen-bond acceptors (Lipinski definition) is 6. The minimum absolute atomic E-state index is 0.200. The first kappa shape index (κ1) is 14.4. The zero-order valence-electron chi connectivity index (χ0n) is 10.3. The number of aromatic nitrogens is 2. The van der Waals surface area contributed by atoms with Crippen molar-refractivity contribution in [3.63, 3.8) is 0 Å². The topological polar surface area (TPSA) is 107 Å². The predicted octanol–water partition coefficient (Wildman–Crippen LogP) is -0.414. The van der Waals surface area contributed by atoms with Crippen molar-refractivity contribution in [2.75, 3.05) is 11.9 Å². The molecule has 19 heavy (non-hydrogen) atoms. The van der Waals surface area contributed by atoms with Crippen molar-refractivity contribution in [1.82, 2.24) is 9.97 Å². The summed E-state index contributed by atoms with van der Waals surface area (Å²) in [5.74, 6) is 0.383. The van der Waals surface area contributed by atoms with E-state index in [1.807, 2.05) is 6.92 Å². The Bertz CT molecular complexity index is 495. The predicted molar refractivity (Wildman–Crippen MR) is 72.3 cm³/mol. The molecule has 7 nitrogen and oxygen atoms in total. The molecule has 2 rings (SSSR count). The summed E-state index contributed by atoms with van der Waals surface area (Å²) in [7, 11) is 0. The monoisotopic (exact) mass is 333 g/mol. The van der Waals surface area contributed by atoms with Gasteiger partial charge in [-0.1, -0.05) is 22.9 Å². The number of aliphatic hydroxyl groups is 2. The lowest BCUT2D eigenvalue weighted by Crippen LogP contribution is -2.34. The third kappa shape index (κ3) is 2.97. The number of nitrogens with zero attached hydrogens (tertiary/aromatic N) is 1. The highest BCUT2D eigenvalue weighted by Gasteiger charge is 2.42. The molecule has 0 bridgehead atoms. The lowest BCUT2D eigenvalue weighted by molar-refractivity contribution is 0.00542. The molecule has 1 aromatic rings. The molecule has 0 spiro atoms. The molecule has 0 amide bonds. The third-order valence-electron chi connectivity index (χ3n) is 3.04. The van der Waals surface area contributed by atoms with Gasteiger partial charge in [0.2, 0.25) is 0 Å². The average Bonchev–Trinajstić information content (AvgIpc) is 2.67. The molecule has 106 valence electrons. The van der Waals surface area contributed by atoms with Crippen molar-refractivity contribution >= 4 is 21.7 Å². The molecule has 8 heteroatoms. The fourth-order valence-electron chi connectivity index (χ4n) is 1.95. The number of anilines is 1. The molecule has 4 N–H and O–H groups in total. The van der Waals surface area contributed by atoms with Gasteiger partial charge in [-0.3, -0.25) is 0 Å². The summed E-state index contributed by atoms with van der Waals surface area (Å²) in [5, 5.41) is 22.0. The number of ether oxygens (including phenoxy) is 1. The highest BCUT2D eigenvalue weighted by Crippen LogP contribution is 2.28. The largest absolute Gasteiger partial charge is 0.394 e. The van der Waals surface area contributed by atoms with Crippen molar-refractivity contribution < 1.29 is 14.9 Å². The number of alkyl halides is 1. The van der Waals surface area contributed by atoms with E-state index in [1.54, 1.807) is 6.20 Å². The van der Waals surface area contributed by atoms with Crippen LogP contribution in [0.3, 0.4) is 0 Å². The number of aliphatic hydroxyl groups excluding tert-OH is 2. The number of nitrogens with one attached hydrogen (secondary N) is 2. The Labute approximate surface area is 118 Å². The van der Waals surface area contributed by atoms with Crippen LogP contribution in [0.15, 0.2) is 11.0 Å². The highest BCUT2D eigenvalue weighted by atomic mass is 79.9. The summed E-state index contributed by atoms with van der Waals surface area (Å²) in [5.41, 5.74) is 0.343. The van der Waals surface area contributed by atoms with E-state index in [2.05, 4.69) is 31.2 Å². The lowest BCUT2D eigenvalue weighted by Gasteiger charge is -2.18. The van der Waals surface area contributed by atoms with E-state index in [9.17, 15) is 9.90 Å². The van der Waals surface area contributed by atoms with Gasteiger partial charge >= 0.3 is 5.69 Å². The molecule has 0 aromatic carbocycles. The molecule has 0 saturated carbocycles. The Hall–Kier alpha value is -0.960. The third-order valence-corrected chi connectivity index (χ3v) is 4.17. The lowest BCUT2D eigenvalue weighted by atomic mass is 10.2. The van der Waals surface area contributed by atoms with Crippen molar-refractivity contribution in [2.24, 2.45) is 0 Å². The first-order valence-corrected chi connectivity index (χ1v) is 6.92. The molecular formula is C11H16BrN3O4. The summed E-state index contributed by atoms with van der Waals surface area (Å²) in [4.78, 5) is 17.2. The van der Waals surface area contributed by atoms with E-state index in [-0.39, 0.29) is 11.4 Å². The fraction of sp³-hybridized carbons (Fsp3) is 0.636. The van der Waals surface area contributed by atoms with Crippen LogP contribution in [0.1, 0.15) is 12.5 Å². The maximum Gasteiger partial charge on any atom is 0.346 e. The standard InChI is InChI=1S/C11H16BrN3O4/c1-2-5-3-13-11(18)15-9(5)14-10-8(17)7(12)6(4-16)19-10/h3,6-8,10,16-17H,2,4H2,1H3,(H2,13,14,15,18)/t6-,7+,8-,10-/m1/s1. The molecule has 2 heterocycles. The fourth-order valence-corrected chi connectivity index (χ4v) is 2.51. The van der Waals surface area contributed by atoms with Gasteiger partial charge in [-0.2, -0.15) is 4.98 Å². The van der Waals surface area contributed by atoms with Gasteiger partial charge in [-0.15, -0.1) is 0 Å². The highest BCUT2D eigenvalue weighted by molar-refractivity contribution is 9.09. The SMILES string of the molecule is CCc1c[nH]c(=O)nc1N[C@@H]1O[C@H](CO)[C@H](Br)[C@H]1O. The molecule has 0 unspecified atom stereocenters. The zero-order chi connectivity index (χ0) is 14.0. The molecule has 0 aliphatic carbocycles. The number of aryl methyl sites for hydroxylation is 1. The van der Waals surface area contributed by atoms with Crippen LogP contribution in [-0.2, 0) is 11.2 Å². The molecule has 0 radical (unpaired) electrons. The second-order valence-electron chi connectivity index (χ2n) is 4.29. The van der Waals surface area contributed by atoms with Crippen LogP contribution in [0.25, 0.3) is 0 Å². The van der Waals surface area contributed by atoms with Crippen LogP contribution in [0.2, 0.25) is 0 Å². The van der Waals surface area contributed by atoms with Crippen LogP contribution in [0.5, 0.6) is 0 Å². The number of aromatic amines is 1. The quantitative estimate of drug-likeness (QED) is 0.558. The Morgan fingerprint density at radius 1 is 1.63 bits per heavy atom. The molecule has 1 saturated heterocycles. The molecule has 1 aromatic heterocycles. The van der Waals surface area contributed by atoms with Gasteiger partial charge in [0.25, 0.3) is 0 Å². The summed E-state index contributed by atoms with van der Waals surface area (Å²) in [6.45, 7) is 1.73. The first-order valence-electron chi connectivity index (χ1n) is 6.00. The van der Waals surface area contributed by atoms with Gasteiger partial charge in [0.15, 0.2) is 6.23 Å². The minimum atomic E-state index is -0.844. The molecular weight excluding hydrogens is 318 g/mol. The van der Waals surface area contributed by atoms with E-state index in [0.29, 0.717) is 12.2 Å². The van der Waals surface area contributed by atoms with Gasteiger partial charge in [-0.05, 0) is 6.42 Å². The number of halogens is 1. The van der Waals surface area contributed by atoms with Gasteiger partial charge in [0.05, 0.1) is 17.5 Å². The first-order chi connectivity index (χ1) is 9.06. The summed E-state index contributed by atoms with van der Waals surface area (Å²) in [6.07, 6.45) is 0.188. The van der Waals surface area contributed by atoms with Crippen LogP contribution < -0.4 is 11.0 Å². The van der Waals surface area contributed by atoms with E-state index >= 15 is 0 Å². The van der Waals surface area contributed by atoms with Gasteiger partial charge in [-0.25, -0.2) is 4.79 Å². The van der Waals surface area contributed by atoms with Crippen molar-refractivity contribution in [1.29, 1.82) is 0 Å². The second kappa shape index (κ2) is 6.00. The number of hydrogen-bond donors (Lipinski definition) is 4. The maximum absolute atomic E-state index is 11.2. The Morgan fingerprint density at radius 2 is 2.37 bits per heavy atom. The summed E-state index contributed by atoms with van der Waals surface area (Å²) < 4.78 is 5.47. The zero-order valence-corrected chi connectivity index (χ0v) is 11.9. The Morgan fingerprint density at radius 3 is 2.95 bits per heavy atom. The minimum Gasteiger partial charge on any atom is -0.394 e. The van der Waals surface area contributed by atoms with Crippen LogP contribution in [-0.4, -0.2) is 50.1 Å². The molecule has 4 atom stereocenters. The van der Waals surface area contributed by atoms with Gasteiger partial charge in [0.1, 0.15) is 11.9 Å². The molecule has 1 fully saturated rings. The summed E-state index contributed by atoms with van der Waals surface area (Å²) >= 11 is 3.27.